The molecule has 134 valence electrons. The van der Waals surface area contributed by atoms with Gasteiger partial charge in [0.15, 0.2) is 0 Å². The summed E-state index contributed by atoms with van der Waals surface area (Å²) in [5.74, 6) is -0.0751. The first-order valence-corrected chi connectivity index (χ1v) is 9.03. The number of hydrogen-bond acceptors (Lipinski definition) is 2. The monoisotopic (exact) mass is 437 g/mol. The van der Waals surface area contributed by atoms with Crippen molar-refractivity contribution in [3.8, 4) is 5.75 Å². The van der Waals surface area contributed by atoms with Gasteiger partial charge in [-0.2, -0.15) is 0 Å². The third-order valence-electron chi connectivity index (χ3n) is 3.71. The summed E-state index contributed by atoms with van der Waals surface area (Å²) in [4.78, 5) is 0. The fraction of sp³-hybridized carbons (Fsp3) is 0.100. The largest absolute Gasteiger partial charge is 0.489 e. The van der Waals surface area contributed by atoms with Gasteiger partial charge in [-0.1, -0.05) is 39.7 Å². The van der Waals surface area contributed by atoms with Crippen molar-refractivity contribution in [2.75, 3.05) is 5.32 Å². The molecule has 0 aliphatic rings. The molecule has 0 saturated heterocycles. The highest BCUT2D eigenvalue weighted by Crippen LogP contribution is 2.26. The summed E-state index contributed by atoms with van der Waals surface area (Å²) in [5.41, 5.74) is 2.35. The summed E-state index contributed by atoms with van der Waals surface area (Å²) in [5, 5.41) is 3.25. The maximum atomic E-state index is 13.3. The predicted molar refractivity (Wildman–Crippen MR) is 104 cm³/mol. The Kier molecular flexibility index (Phi) is 6.12. The molecule has 6 heteroatoms. The molecule has 0 heterocycles. The molecule has 0 saturated carbocycles. The first-order valence-electron chi connectivity index (χ1n) is 7.86. The molecule has 0 aliphatic heterocycles. The molecule has 0 unspecified atom stereocenters. The van der Waals surface area contributed by atoms with E-state index in [0.717, 1.165) is 15.6 Å². The van der Waals surface area contributed by atoms with Crippen LogP contribution in [0.2, 0.25) is 5.02 Å². The van der Waals surface area contributed by atoms with Crippen molar-refractivity contribution in [2.24, 2.45) is 0 Å². The van der Waals surface area contributed by atoms with Crippen LogP contribution in [0.3, 0.4) is 0 Å². The number of hydrogen-bond donors (Lipinski definition) is 1. The lowest BCUT2D eigenvalue weighted by molar-refractivity contribution is 0.302. The third kappa shape index (κ3) is 4.96. The Hall–Kier alpha value is -2.11. The standard InChI is InChI=1S/C20H15BrClF2NO/c21-15-4-7-20(26-12-13-2-1-3-16(23)8-13)14(9-15)11-25-17-5-6-19(24)18(22)10-17/h1-10,25H,11-12H2. The number of ether oxygens (including phenoxy) is 1. The highest BCUT2D eigenvalue weighted by molar-refractivity contribution is 9.10. The molecule has 3 aromatic carbocycles. The summed E-state index contributed by atoms with van der Waals surface area (Å²) in [7, 11) is 0. The number of benzene rings is 3. The Balaban J connectivity index is 1.71. The number of anilines is 1. The van der Waals surface area contributed by atoms with Crippen LogP contribution in [0.1, 0.15) is 11.1 Å². The first-order chi connectivity index (χ1) is 12.5. The van der Waals surface area contributed by atoms with Gasteiger partial charge in [0.1, 0.15) is 24.0 Å². The van der Waals surface area contributed by atoms with Gasteiger partial charge in [-0.05, 0) is 54.1 Å². The molecule has 26 heavy (non-hydrogen) atoms. The topological polar surface area (TPSA) is 21.3 Å². The average Bonchev–Trinajstić information content (AvgIpc) is 2.62. The van der Waals surface area contributed by atoms with Crippen LogP contribution in [0.5, 0.6) is 5.75 Å². The van der Waals surface area contributed by atoms with E-state index in [0.29, 0.717) is 18.0 Å². The van der Waals surface area contributed by atoms with E-state index < -0.39 is 5.82 Å². The summed E-state index contributed by atoms with van der Waals surface area (Å²) in [6, 6.07) is 16.4. The normalized spacial score (nSPS) is 10.6. The lowest BCUT2D eigenvalue weighted by Crippen LogP contribution is -2.04. The van der Waals surface area contributed by atoms with E-state index in [4.69, 9.17) is 16.3 Å². The van der Waals surface area contributed by atoms with Crippen LogP contribution in [0.4, 0.5) is 14.5 Å². The molecule has 3 rings (SSSR count). The molecule has 0 spiro atoms. The van der Waals surface area contributed by atoms with Gasteiger partial charge >= 0.3 is 0 Å². The van der Waals surface area contributed by atoms with Crippen LogP contribution >= 0.6 is 27.5 Å². The number of halogens is 4. The smallest absolute Gasteiger partial charge is 0.141 e. The molecule has 2 nitrogen and oxygen atoms in total. The van der Waals surface area contributed by atoms with Gasteiger partial charge in [0, 0.05) is 22.3 Å². The predicted octanol–water partition coefficient (Wildman–Crippen LogP) is 6.57. The van der Waals surface area contributed by atoms with Crippen molar-refractivity contribution in [1.29, 1.82) is 0 Å². The molecular weight excluding hydrogens is 424 g/mol. The molecule has 0 aromatic heterocycles. The van der Waals surface area contributed by atoms with E-state index in [1.807, 2.05) is 18.2 Å². The van der Waals surface area contributed by atoms with Crippen LogP contribution in [0.15, 0.2) is 65.1 Å². The van der Waals surface area contributed by atoms with Gasteiger partial charge in [-0.15, -0.1) is 0 Å². The molecule has 0 atom stereocenters. The quantitative estimate of drug-likeness (QED) is 0.470. The van der Waals surface area contributed by atoms with Gasteiger partial charge in [-0.25, -0.2) is 8.78 Å². The van der Waals surface area contributed by atoms with Crippen molar-refractivity contribution in [2.45, 2.75) is 13.2 Å². The lowest BCUT2D eigenvalue weighted by atomic mass is 10.2. The maximum Gasteiger partial charge on any atom is 0.141 e. The highest BCUT2D eigenvalue weighted by Gasteiger charge is 2.07. The Labute approximate surface area is 163 Å². The minimum absolute atomic E-state index is 0.0619. The van der Waals surface area contributed by atoms with Gasteiger partial charge in [0.05, 0.1) is 5.02 Å². The Morgan fingerprint density at radius 1 is 1.00 bits per heavy atom. The van der Waals surface area contributed by atoms with Crippen molar-refractivity contribution in [3.05, 3.63) is 92.9 Å². The lowest BCUT2D eigenvalue weighted by Gasteiger charge is -2.14. The minimum atomic E-state index is -0.459. The second-order valence-corrected chi connectivity index (χ2v) is 6.98. The summed E-state index contributed by atoms with van der Waals surface area (Å²) in [6.07, 6.45) is 0. The number of rotatable bonds is 6. The van der Waals surface area contributed by atoms with Crippen molar-refractivity contribution in [1.82, 2.24) is 0 Å². The molecule has 3 aromatic rings. The zero-order valence-corrected chi connectivity index (χ0v) is 15.9. The van der Waals surface area contributed by atoms with E-state index in [-0.39, 0.29) is 17.4 Å². The van der Waals surface area contributed by atoms with Gasteiger partial charge < -0.3 is 10.1 Å². The SMILES string of the molecule is Fc1cccc(COc2ccc(Br)cc2CNc2ccc(F)c(Cl)c2)c1. The molecular formula is C20H15BrClF2NO. The van der Waals surface area contributed by atoms with Crippen LogP contribution in [-0.4, -0.2) is 0 Å². The minimum Gasteiger partial charge on any atom is -0.489 e. The first kappa shape index (κ1) is 18.7. The van der Waals surface area contributed by atoms with Crippen LogP contribution in [0, 0.1) is 11.6 Å². The average molecular weight is 439 g/mol. The second-order valence-electron chi connectivity index (χ2n) is 5.65. The fourth-order valence-corrected chi connectivity index (χ4v) is 3.01. The Bertz CT molecular complexity index is 920. The van der Waals surface area contributed by atoms with Crippen molar-refractivity contribution < 1.29 is 13.5 Å². The van der Waals surface area contributed by atoms with E-state index in [1.54, 1.807) is 18.2 Å². The molecule has 0 radical (unpaired) electrons. The maximum absolute atomic E-state index is 13.3. The van der Waals surface area contributed by atoms with Gasteiger partial charge in [0.25, 0.3) is 0 Å². The van der Waals surface area contributed by atoms with Gasteiger partial charge in [0.2, 0.25) is 0 Å². The van der Waals surface area contributed by atoms with E-state index >= 15 is 0 Å². The summed E-state index contributed by atoms with van der Waals surface area (Å²) < 4.78 is 33.3. The number of nitrogens with one attached hydrogen (secondary N) is 1. The van der Waals surface area contributed by atoms with Crippen LogP contribution < -0.4 is 10.1 Å². The molecule has 0 fully saturated rings. The second kappa shape index (κ2) is 8.52. The zero-order chi connectivity index (χ0) is 18.5. The third-order valence-corrected chi connectivity index (χ3v) is 4.49. The van der Waals surface area contributed by atoms with E-state index in [9.17, 15) is 8.78 Å². The highest BCUT2D eigenvalue weighted by atomic mass is 79.9. The molecule has 1 N–H and O–H groups in total. The Morgan fingerprint density at radius 2 is 1.85 bits per heavy atom. The molecule has 0 aliphatic carbocycles. The van der Waals surface area contributed by atoms with E-state index in [1.165, 1.54) is 24.3 Å². The molecule has 0 amide bonds. The van der Waals surface area contributed by atoms with Gasteiger partial charge in [-0.3, -0.25) is 0 Å². The van der Waals surface area contributed by atoms with Crippen LogP contribution in [0.25, 0.3) is 0 Å². The Morgan fingerprint density at radius 3 is 2.62 bits per heavy atom. The van der Waals surface area contributed by atoms with Crippen molar-refractivity contribution in [3.63, 3.8) is 0 Å². The summed E-state index contributed by atoms with van der Waals surface area (Å²) >= 11 is 9.25. The molecule has 0 bridgehead atoms. The van der Waals surface area contributed by atoms with Crippen molar-refractivity contribution >= 4 is 33.2 Å². The van der Waals surface area contributed by atoms with Crippen LogP contribution in [-0.2, 0) is 13.2 Å². The fourth-order valence-electron chi connectivity index (χ4n) is 2.42. The van der Waals surface area contributed by atoms with E-state index in [2.05, 4.69) is 21.2 Å². The summed E-state index contributed by atoms with van der Waals surface area (Å²) in [6.45, 7) is 0.717. The zero-order valence-electron chi connectivity index (χ0n) is 13.6.